The van der Waals surface area contributed by atoms with Crippen LogP contribution in [0.25, 0.3) is 10.8 Å². The molecule has 0 spiro atoms. The van der Waals surface area contributed by atoms with Gasteiger partial charge in [-0.25, -0.2) is 0 Å². The Morgan fingerprint density at radius 1 is 1.32 bits per heavy atom. The van der Waals surface area contributed by atoms with E-state index in [9.17, 15) is 0 Å². The van der Waals surface area contributed by atoms with Crippen LogP contribution in [-0.4, -0.2) is 11.0 Å². The smallest absolute Gasteiger partial charge is 0.0424 e. The molecule has 100 valence electrons. The van der Waals surface area contributed by atoms with Crippen LogP contribution in [0, 0.1) is 12.8 Å². The molecule has 1 heterocycles. The van der Waals surface area contributed by atoms with E-state index < -0.39 is 0 Å². The van der Waals surface area contributed by atoms with E-state index in [1.807, 2.05) is 19.2 Å². The average molecular weight is 255 g/mol. The van der Waals surface area contributed by atoms with Crippen molar-refractivity contribution in [3.8, 4) is 0 Å². The van der Waals surface area contributed by atoms with Crippen molar-refractivity contribution >= 4 is 22.1 Å². The third-order valence-corrected chi connectivity index (χ3v) is 4.31. The van der Waals surface area contributed by atoms with Crippen LogP contribution in [0.3, 0.4) is 0 Å². The number of nitrogens with two attached hydrogens (primary N) is 1. The predicted molar refractivity (Wildman–Crippen MR) is 81.3 cm³/mol. The molecule has 0 amide bonds. The van der Waals surface area contributed by atoms with Crippen molar-refractivity contribution in [2.75, 3.05) is 11.1 Å². The van der Waals surface area contributed by atoms with Crippen molar-refractivity contribution in [3.63, 3.8) is 0 Å². The lowest BCUT2D eigenvalue weighted by atomic mass is 9.80. The summed E-state index contributed by atoms with van der Waals surface area (Å²) in [6.45, 7) is 4.29. The molecule has 3 nitrogen and oxygen atoms in total. The van der Waals surface area contributed by atoms with Crippen LogP contribution in [0.15, 0.2) is 24.4 Å². The number of nitrogen functional groups attached to an aromatic ring is 1. The van der Waals surface area contributed by atoms with Gasteiger partial charge in [-0.05, 0) is 50.8 Å². The molecule has 1 aliphatic rings. The van der Waals surface area contributed by atoms with Crippen LogP contribution in [0.2, 0.25) is 0 Å². The molecule has 3 rings (SSSR count). The van der Waals surface area contributed by atoms with Gasteiger partial charge in [0.05, 0.1) is 0 Å². The number of rotatable bonds is 3. The van der Waals surface area contributed by atoms with E-state index in [4.69, 9.17) is 5.73 Å². The highest BCUT2D eigenvalue weighted by Crippen LogP contribution is 2.34. The first kappa shape index (κ1) is 12.3. The molecule has 2 aromatic rings. The summed E-state index contributed by atoms with van der Waals surface area (Å²) in [5, 5.41) is 5.88. The van der Waals surface area contributed by atoms with Gasteiger partial charge in [0, 0.05) is 40.1 Å². The molecule has 1 aromatic carbocycles. The van der Waals surface area contributed by atoms with Gasteiger partial charge in [-0.15, -0.1) is 0 Å². The van der Waals surface area contributed by atoms with Crippen LogP contribution in [0.4, 0.5) is 11.4 Å². The Hall–Kier alpha value is -1.77. The number of nitrogens with zero attached hydrogens (tertiary/aromatic N) is 1. The quantitative estimate of drug-likeness (QED) is 0.822. The van der Waals surface area contributed by atoms with Crippen molar-refractivity contribution in [1.82, 2.24) is 4.98 Å². The monoisotopic (exact) mass is 255 g/mol. The first-order chi connectivity index (χ1) is 9.15. The van der Waals surface area contributed by atoms with Crippen molar-refractivity contribution < 1.29 is 0 Å². The van der Waals surface area contributed by atoms with Gasteiger partial charge in [0.15, 0.2) is 0 Å². The fourth-order valence-electron chi connectivity index (χ4n) is 2.79. The Bertz CT molecular complexity index is 602. The number of aromatic nitrogens is 1. The Morgan fingerprint density at radius 2 is 2.11 bits per heavy atom. The summed E-state index contributed by atoms with van der Waals surface area (Å²) < 4.78 is 0. The van der Waals surface area contributed by atoms with E-state index >= 15 is 0 Å². The second kappa shape index (κ2) is 4.72. The summed E-state index contributed by atoms with van der Waals surface area (Å²) in [7, 11) is 0. The Labute approximate surface area is 114 Å². The normalized spacial score (nSPS) is 17.2. The molecule has 1 aromatic heterocycles. The minimum Gasteiger partial charge on any atom is -0.398 e. The molecule has 0 saturated heterocycles. The van der Waals surface area contributed by atoms with Gasteiger partial charge < -0.3 is 11.1 Å². The zero-order valence-electron chi connectivity index (χ0n) is 11.6. The molecule has 1 fully saturated rings. The number of aryl methyl sites for hydroxylation is 1. The molecule has 3 heteroatoms. The fourth-order valence-corrected chi connectivity index (χ4v) is 2.79. The Kier molecular flexibility index (Phi) is 3.05. The standard InChI is InChI=1S/C16H21N3/c1-10-8-13-14(9-18-10)15(17)6-7-16(13)19-11(2)12-4-3-5-12/h6-9,11-12,19H,3-5,17H2,1-2H3. The topological polar surface area (TPSA) is 50.9 Å². The highest BCUT2D eigenvalue weighted by Gasteiger charge is 2.24. The number of anilines is 2. The molecule has 1 saturated carbocycles. The molecule has 19 heavy (non-hydrogen) atoms. The summed E-state index contributed by atoms with van der Waals surface area (Å²) >= 11 is 0. The minimum absolute atomic E-state index is 0.522. The lowest BCUT2D eigenvalue weighted by molar-refractivity contribution is 0.285. The highest BCUT2D eigenvalue weighted by molar-refractivity contribution is 6.00. The number of pyridine rings is 1. The second-order valence-electron chi connectivity index (χ2n) is 5.70. The van der Waals surface area contributed by atoms with Crippen molar-refractivity contribution in [3.05, 3.63) is 30.1 Å². The summed E-state index contributed by atoms with van der Waals surface area (Å²) in [4.78, 5) is 4.34. The van der Waals surface area contributed by atoms with Crippen molar-refractivity contribution in [2.45, 2.75) is 39.2 Å². The first-order valence-corrected chi connectivity index (χ1v) is 7.06. The van der Waals surface area contributed by atoms with E-state index in [1.54, 1.807) is 0 Å². The number of hydrogen-bond donors (Lipinski definition) is 2. The summed E-state index contributed by atoms with van der Waals surface area (Å²) in [6.07, 6.45) is 5.95. The molecule has 0 radical (unpaired) electrons. The third-order valence-electron chi connectivity index (χ3n) is 4.31. The number of hydrogen-bond acceptors (Lipinski definition) is 3. The minimum atomic E-state index is 0.522. The van der Waals surface area contributed by atoms with Gasteiger partial charge >= 0.3 is 0 Å². The average Bonchev–Trinajstić information content (AvgIpc) is 2.30. The van der Waals surface area contributed by atoms with Crippen LogP contribution < -0.4 is 11.1 Å². The molecule has 3 N–H and O–H groups in total. The summed E-state index contributed by atoms with van der Waals surface area (Å²) in [5.41, 5.74) is 9.03. The van der Waals surface area contributed by atoms with E-state index in [0.717, 1.165) is 22.7 Å². The van der Waals surface area contributed by atoms with E-state index in [-0.39, 0.29) is 0 Å². The largest absolute Gasteiger partial charge is 0.398 e. The third kappa shape index (κ3) is 2.25. The van der Waals surface area contributed by atoms with Gasteiger partial charge in [-0.3, -0.25) is 4.98 Å². The molecular weight excluding hydrogens is 234 g/mol. The SMILES string of the molecule is Cc1cc2c(NC(C)C3CCC3)ccc(N)c2cn1. The van der Waals surface area contributed by atoms with E-state index in [0.29, 0.717) is 6.04 Å². The molecular formula is C16H21N3. The molecule has 0 aliphatic heterocycles. The van der Waals surface area contributed by atoms with Gasteiger partial charge in [0.1, 0.15) is 0 Å². The van der Waals surface area contributed by atoms with Crippen molar-refractivity contribution in [2.24, 2.45) is 5.92 Å². The van der Waals surface area contributed by atoms with Crippen LogP contribution in [0.1, 0.15) is 31.9 Å². The maximum Gasteiger partial charge on any atom is 0.0424 e. The highest BCUT2D eigenvalue weighted by atomic mass is 14.9. The maximum absolute atomic E-state index is 6.04. The van der Waals surface area contributed by atoms with E-state index in [2.05, 4.69) is 29.4 Å². The van der Waals surface area contributed by atoms with E-state index in [1.165, 1.54) is 30.3 Å². The first-order valence-electron chi connectivity index (χ1n) is 7.06. The van der Waals surface area contributed by atoms with Gasteiger partial charge in [0.2, 0.25) is 0 Å². The molecule has 0 bridgehead atoms. The number of nitrogens with one attached hydrogen (secondary N) is 1. The molecule has 1 aliphatic carbocycles. The molecule has 1 unspecified atom stereocenters. The number of fused-ring (bicyclic) bond motifs is 1. The van der Waals surface area contributed by atoms with Crippen LogP contribution in [0.5, 0.6) is 0 Å². The summed E-state index contributed by atoms with van der Waals surface area (Å²) in [6, 6.07) is 6.69. The van der Waals surface area contributed by atoms with Gasteiger partial charge in [-0.2, -0.15) is 0 Å². The Balaban J connectivity index is 1.98. The number of benzene rings is 1. The van der Waals surface area contributed by atoms with Crippen LogP contribution in [-0.2, 0) is 0 Å². The fraction of sp³-hybridized carbons (Fsp3) is 0.438. The second-order valence-corrected chi connectivity index (χ2v) is 5.70. The van der Waals surface area contributed by atoms with Crippen LogP contribution >= 0.6 is 0 Å². The van der Waals surface area contributed by atoms with Gasteiger partial charge in [0.25, 0.3) is 0 Å². The Morgan fingerprint density at radius 3 is 2.79 bits per heavy atom. The molecule has 1 atom stereocenters. The predicted octanol–water partition coefficient (Wildman–Crippen LogP) is 3.73. The van der Waals surface area contributed by atoms with Gasteiger partial charge in [-0.1, -0.05) is 6.42 Å². The lowest BCUT2D eigenvalue weighted by Gasteiger charge is -2.32. The lowest BCUT2D eigenvalue weighted by Crippen LogP contribution is -2.30. The summed E-state index contributed by atoms with van der Waals surface area (Å²) in [5.74, 6) is 0.815. The van der Waals surface area contributed by atoms with Crippen molar-refractivity contribution in [1.29, 1.82) is 0 Å². The zero-order valence-corrected chi connectivity index (χ0v) is 11.6. The maximum atomic E-state index is 6.04. The zero-order chi connectivity index (χ0) is 13.4.